The zero-order valence-corrected chi connectivity index (χ0v) is 16.2. The van der Waals surface area contributed by atoms with Crippen LogP contribution >= 0.6 is 11.3 Å². The van der Waals surface area contributed by atoms with Crippen molar-refractivity contribution in [2.75, 3.05) is 11.9 Å². The summed E-state index contributed by atoms with van der Waals surface area (Å²) in [5, 5.41) is 4.79. The minimum absolute atomic E-state index is 0.0281. The van der Waals surface area contributed by atoms with Gasteiger partial charge >= 0.3 is 0 Å². The highest BCUT2D eigenvalue weighted by atomic mass is 32.1. The Morgan fingerprint density at radius 1 is 1.07 bits per heavy atom. The summed E-state index contributed by atoms with van der Waals surface area (Å²) in [7, 11) is 0. The third-order valence-electron chi connectivity index (χ3n) is 5.03. The van der Waals surface area contributed by atoms with E-state index in [9.17, 15) is 14.0 Å². The van der Waals surface area contributed by atoms with Crippen molar-refractivity contribution in [1.82, 2.24) is 4.90 Å². The number of amides is 2. The van der Waals surface area contributed by atoms with E-state index in [0.29, 0.717) is 29.9 Å². The van der Waals surface area contributed by atoms with E-state index < -0.39 is 11.7 Å². The van der Waals surface area contributed by atoms with Crippen molar-refractivity contribution in [3.05, 3.63) is 86.9 Å². The van der Waals surface area contributed by atoms with Gasteiger partial charge in [-0.05, 0) is 60.2 Å². The zero-order chi connectivity index (χ0) is 19.7. The maximum atomic E-state index is 13.9. The molecule has 0 atom stereocenters. The van der Waals surface area contributed by atoms with Gasteiger partial charge in [0.15, 0.2) is 0 Å². The van der Waals surface area contributed by atoms with Gasteiger partial charge in [-0.1, -0.05) is 18.2 Å². The smallest absolute Gasteiger partial charge is 0.258 e. The van der Waals surface area contributed by atoms with Gasteiger partial charge in [-0.2, -0.15) is 0 Å². The molecule has 0 bridgehead atoms. The minimum atomic E-state index is -0.579. The summed E-state index contributed by atoms with van der Waals surface area (Å²) in [6.45, 7) is 3.07. The van der Waals surface area contributed by atoms with Gasteiger partial charge < -0.3 is 10.2 Å². The summed E-state index contributed by atoms with van der Waals surface area (Å²) in [4.78, 5) is 28.7. The lowest BCUT2D eigenvalue weighted by molar-refractivity contribution is 0.0735. The van der Waals surface area contributed by atoms with Gasteiger partial charge in [0.05, 0.1) is 5.56 Å². The van der Waals surface area contributed by atoms with Crippen molar-refractivity contribution in [3.8, 4) is 0 Å². The molecule has 0 radical (unpaired) electrons. The monoisotopic (exact) mass is 394 g/mol. The first kappa shape index (κ1) is 18.4. The molecule has 1 aliphatic rings. The highest BCUT2D eigenvalue weighted by molar-refractivity contribution is 7.10. The predicted octanol–water partition coefficient (Wildman–Crippen LogP) is 4.65. The third kappa shape index (κ3) is 3.43. The molecular formula is C22H19FN2O2S. The lowest BCUT2D eigenvalue weighted by Gasteiger charge is -2.28. The SMILES string of the molecule is Cc1c(NC(=O)c2ccccc2F)cccc1C(=O)N1CCc2sccc2C1. The molecule has 0 saturated heterocycles. The molecule has 4 nitrogen and oxygen atoms in total. The molecule has 0 spiro atoms. The average Bonchev–Trinajstić information content (AvgIpc) is 3.17. The summed E-state index contributed by atoms with van der Waals surface area (Å²) in [6.07, 6.45) is 0.863. The third-order valence-corrected chi connectivity index (χ3v) is 6.05. The quantitative estimate of drug-likeness (QED) is 0.703. The molecular weight excluding hydrogens is 375 g/mol. The number of rotatable bonds is 3. The van der Waals surface area contributed by atoms with Crippen molar-refractivity contribution in [2.45, 2.75) is 19.9 Å². The van der Waals surface area contributed by atoms with E-state index in [2.05, 4.69) is 16.8 Å². The summed E-state index contributed by atoms with van der Waals surface area (Å²) in [5.74, 6) is -1.17. The van der Waals surface area contributed by atoms with Crippen LogP contribution in [-0.2, 0) is 13.0 Å². The first-order valence-electron chi connectivity index (χ1n) is 9.04. The number of carbonyl (C=O) groups is 2. The second-order valence-electron chi connectivity index (χ2n) is 6.76. The highest BCUT2D eigenvalue weighted by Gasteiger charge is 2.24. The summed E-state index contributed by atoms with van der Waals surface area (Å²) in [5.41, 5.74) is 2.90. The van der Waals surface area contributed by atoms with Gasteiger partial charge in [0.2, 0.25) is 0 Å². The highest BCUT2D eigenvalue weighted by Crippen LogP contribution is 2.27. The fourth-order valence-electron chi connectivity index (χ4n) is 3.43. The van der Waals surface area contributed by atoms with E-state index in [-0.39, 0.29) is 11.5 Å². The second-order valence-corrected chi connectivity index (χ2v) is 7.76. The number of nitrogens with zero attached hydrogens (tertiary/aromatic N) is 1. The Hall–Kier alpha value is -2.99. The summed E-state index contributed by atoms with van der Waals surface area (Å²) >= 11 is 1.73. The number of fused-ring (bicyclic) bond motifs is 1. The number of halogens is 1. The molecule has 28 heavy (non-hydrogen) atoms. The van der Waals surface area contributed by atoms with Crippen LogP contribution in [0.2, 0.25) is 0 Å². The topological polar surface area (TPSA) is 49.4 Å². The molecule has 0 fully saturated rings. The minimum Gasteiger partial charge on any atom is -0.334 e. The Morgan fingerprint density at radius 2 is 1.86 bits per heavy atom. The molecule has 2 amide bonds. The lowest BCUT2D eigenvalue weighted by atomic mass is 10.0. The van der Waals surface area contributed by atoms with Crippen molar-refractivity contribution in [2.24, 2.45) is 0 Å². The van der Waals surface area contributed by atoms with E-state index in [0.717, 1.165) is 6.42 Å². The lowest BCUT2D eigenvalue weighted by Crippen LogP contribution is -2.35. The molecule has 1 aromatic heterocycles. The fraction of sp³-hybridized carbons (Fsp3) is 0.182. The predicted molar refractivity (Wildman–Crippen MR) is 108 cm³/mol. The number of hydrogen-bond donors (Lipinski definition) is 1. The number of benzene rings is 2. The van der Waals surface area contributed by atoms with Crippen LogP contribution in [-0.4, -0.2) is 23.3 Å². The Labute approximate surface area is 166 Å². The van der Waals surface area contributed by atoms with Crippen molar-refractivity contribution in [1.29, 1.82) is 0 Å². The molecule has 142 valence electrons. The molecule has 0 aliphatic carbocycles. The number of thiophene rings is 1. The number of nitrogens with one attached hydrogen (secondary N) is 1. The molecule has 2 aromatic carbocycles. The van der Waals surface area contributed by atoms with Crippen molar-refractivity contribution in [3.63, 3.8) is 0 Å². The molecule has 1 N–H and O–H groups in total. The van der Waals surface area contributed by atoms with Crippen molar-refractivity contribution >= 4 is 28.8 Å². The molecule has 0 saturated carbocycles. The molecule has 3 aromatic rings. The Balaban J connectivity index is 1.56. The van der Waals surface area contributed by atoms with E-state index in [1.165, 1.54) is 28.6 Å². The Kier molecular flexibility index (Phi) is 4.96. The van der Waals surface area contributed by atoms with Crippen LogP contribution in [0.1, 0.15) is 36.7 Å². The largest absolute Gasteiger partial charge is 0.334 e. The number of anilines is 1. The van der Waals surface area contributed by atoms with Crippen LogP contribution in [0.4, 0.5) is 10.1 Å². The van der Waals surface area contributed by atoms with Gasteiger partial charge in [-0.3, -0.25) is 9.59 Å². The first-order chi connectivity index (χ1) is 13.5. The van der Waals surface area contributed by atoms with Crippen molar-refractivity contribution < 1.29 is 14.0 Å². The van der Waals surface area contributed by atoms with Gasteiger partial charge in [0.25, 0.3) is 11.8 Å². The van der Waals surface area contributed by atoms with Gasteiger partial charge in [0.1, 0.15) is 5.82 Å². The summed E-state index contributed by atoms with van der Waals surface area (Å²) < 4.78 is 13.9. The van der Waals surface area contributed by atoms with E-state index in [1.54, 1.807) is 42.5 Å². The molecule has 2 heterocycles. The maximum Gasteiger partial charge on any atom is 0.258 e. The average molecular weight is 394 g/mol. The number of carbonyl (C=O) groups excluding carboxylic acids is 2. The zero-order valence-electron chi connectivity index (χ0n) is 15.4. The van der Waals surface area contributed by atoms with Crippen LogP contribution in [0, 0.1) is 12.7 Å². The van der Waals surface area contributed by atoms with E-state index in [1.807, 2.05) is 4.90 Å². The standard InChI is InChI=1S/C22H19FN2O2S/c1-14-16(22(27)25-11-9-20-15(13-25)10-12-28-20)6-4-8-19(14)24-21(26)17-5-2-3-7-18(17)23/h2-8,10,12H,9,11,13H2,1H3,(H,24,26). The number of hydrogen-bond acceptors (Lipinski definition) is 3. The van der Waals surface area contributed by atoms with Gasteiger partial charge in [0, 0.05) is 29.2 Å². The first-order valence-corrected chi connectivity index (χ1v) is 9.92. The Morgan fingerprint density at radius 3 is 2.68 bits per heavy atom. The van der Waals surface area contributed by atoms with Crippen LogP contribution < -0.4 is 5.32 Å². The fourth-order valence-corrected chi connectivity index (χ4v) is 4.32. The van der Waals surface area contributed by atoms with Crippen LogP contribution in [0.3, 0.4) is 0 Å². The molecule has 1 aliphatic heterocycles. The molecule has 0 unspecified atom stereocenters. The maximum absolute atomic E-state index is 13.9. The molecule has 4 rings (SSSR count). The Bertz CT molecular complexity index is 1060. The van der Waals surface area contributed by atoms with Crippen LogP contribution in [0.25, 0.3) is 0 Å². The van der Waals surface area contributed by atoms with Gasteiger partial charge in [-0.15, -0.1) is 11.3 Å². The normalized spacial score (nSPS) is 13.1. The van der Waals surface area contributed by atoms with Crippen LogP contribution in [0.15, 0.2) is 53.9 Å². The second kappa shape index (κ2) is 7.56. The van der Waals surface area contributed by atoms with E-state index >= 15 is 0 Å². The van der Waals surface area contributed by atoms with Crippen LogP contribution in [0.5, 0.6) is 0 Å². The molecule has 6 heteroatoms. The van der Waals surface area contributed by atoms with E-state index in [4.69, 9.17) is 0 Å². The van der Waals surface area contributed by atoms with Gasteiger partial charge in [-0.25, -0.2) is 4.39 Å². The summed E-state index contributed by atoms with van der Waals surface area (Å²) in [6, 6.07) is 13.1.